The third-order valence-corrected chi connectivity index (χ3v) is 3.80. The summed E-state index contributed by atoms with van der Waals surface area (Å²) in [5.74, 6) is -0.155. The van der Waals surface area contributed by atoms with Gasteiger partial charge in [0, 0.05) is 25.2 Å². The first kappa shape index (κ1) is 13.0. The van der Waals surface area contributed by atoms with Gasteiger partial charge in [0.05, 0.1) is 18.5 Å². The minimum absolute atomic E-state index is 0.252. The maximum absolute atomic E-state index is 13.5. The molecule has 0 saturated heterocycles. The molecule has 1 saturated carbocycles. The number of nitrogen functional groups attached to an aromatic ring is 1. The quantitative estimate of drug-likeness (QED) is 0.840. The van der Waals surface area contributed by atoms with E-state index in [1.54, 1.807) is 6.07 Å². The summed E-state index contributed by atoms with van der Waals surface area (Å²) in [6, 6.07) is 3.53. The van der Waals surface area contributed by atoms with Crippen LogP contribution in [-0.4, -0.2) is 20.2 Å². The molecule has 0 amide bonds. The van der Waals surface area contributed by atoms with Gasteiger partial charge in [-0.25, -0.2) is 4.39 Å². The molecule has 18 heavy (non-hydrogen) atoms. The zero-order valence-electron chi connectivity index (χ0n) is 11.1. The molecule has 2 N–H and O–H groups in total. The molecule has 0 aliphatic heterocycles. The van der Waals surface area contributed by atoms with E-state index in [4.69, 9.17) is 10.5 Å². The van der Waals surface area contributed by atoms with Gasteiger partial charge >= 0.3 is 0 Å². The van der Waals surface area contributed by atoms with Crippen LogP contribution >= 0.6 is 0 Å². The molecule has 0 spiro atoms. The predicted molar refractivity (Wildman–Crippen MR) is 72.6 cm³/mol. The molecule has 0 aromatic heterocycles. The van der Waals surface area contributed by atoms with Crippen molar-refractivity contribution in [2.45, 2.75) is 38.1 Å². The lowest BCUT2D eigenvalue weighted by Gasteiger charge is -2.33. The highest BCUT2D eigenvalue weighted by Gasteiger charge is 2.21. The zero-order valence-corrected chi connectivity index (χ0v) is 11.1. The monoisotopic (exact) mass is 252 g/mol. The van der Waals surface area contributed by atoms with E-state index in [1.165, 1.54) is 45.3 Å². The maximum atomic E-state index is 13.5. The Bertz CT molecular complexity index is 417. The minimum atomic E-state index is -0.407. The largest absolute Gasteiger partial charge is 0.494 e. The van der Waals surface area contributed by atoms with Gasteiger partial charge in [0.25, 0.3) is 0 Å². The van der Waals surface area contributed by atoms with Crippen molar-refractivity contribution >= 4 is 11.4 Å². The fourth-order valence-electron chi connectivity index (χ4n) is 2.68. The Labute approximate surface area is 108 Å². The van der Waals surface area contributed by atoms with Crippen LogP contribution in [0, 0.1) is 5.82 Å². The van der Waals surface area contributed by atoms with E-state index >= 15 is 0 Å². The van der Waals surface area contributed by atoms with Crippen LogP contribution in [0.1, 0.15) is 32.1 Å². The maximum Gasteiger partial charge on any atom is 0.167 e. The second-order valence-electron chi connectivity index (χ2n) is 4.95. The third kappa shape index (κ3) is 2.52. The number of anilines is 2. The van der Waals surface area contributed by atoms with Crippen LogP contribution in [0.15, 0.2) is 12.1 Å². The second kappa shape index (κ2) is 5.46. The summed E-state index contributed by atoms with van der Waals surface area (Å²) in [5.41, 5.74) is 7.25. The van der Waals surface area contributed by atoms with Crippen LogP contribution in [0.2, 0.25) is 0 Å². The number of hydrogen-bond donors (Lipinski definition) is 1. The number of nitrogens with zero attached hydrogens (tertiary/aromatic N) is 1. The lowest BCUT2D eigenvalue weighted by atomic mass is 9.94. The molecular weight excluding hydrogens is 231 g/mol. The van der Waals surface area contributed by atoms with Crippen molar-refractivity contribution < 1.29 is 9.13 Å². The second-order valence-corrected chi connectivity index (χ2v) is 4.95. The first-order valence-electron chi connectivity index (χ1n) is 6.49. The molecule has 1 aromatic carbocycles. The van der Waals surface area contributed by atoms with Crippen molar-refractivity contribution in [1.29, 1.82) is 0 Å². The van der Waals surface area contributed by atoms with Crippen LogP contribution in [0.3, 0.4) is 0 Å². The Morgan fingerprint density at radius 2 is 1.94 bits per heavy atom. The first-order valence-corrected chi connectivity index (χ1v) is 6.49. The number of halogens is 1. The molecule has 0 radical (unpaired) electrons. The van der Waals surface area contributed by atoms with Crippen molar-refractivity contribution in [1.82, 2.24) is 0 Å². The Morgan fingerprint density at radius 3 is 2.56 bits per heavy atom. The molecule has 0 atom stereocenters. The molecule has 100 valence electrons. The summed E-state index contributed by atoms with van der Waals surface area (Å²) in [6.45, 7) is 0. The first-order chi connectivity index (χ1) is 8.63. The average molecular weight is 252 g/mol. The lowest BCUT2D eigenvalue weighted by Crippen LogP contribution is -2.33. The topological polar surface area (TPSA) is 38.5 Å². The Balaban J connectivity index is 2.25. The number of rotatable bonds is 3. The molecule has 0 heterocycles. The Morgan fingerprint density at radius 1 is 1.28 bits per heavy atom. The van der Waals surface area contributed by atoms with E-state index in [9.17, 15) is 4.39 Å². The normalized spacial score (nSPS) is 16.6. The summed E-state index contributed by atoms with van der Waals surface area (Å²) in [5, 5.41) is 0. The predicted octanol–water partition coefficient (Wildman–Crippen LogP) is 3.19. The minimum Gasteiger partial charge on any atom is -0.494 e. The fourth-order valence-corrected chi connectivity index (χ4v) is 2.68. The third-order valence-electron chi connectivity index (χ3n) is 3.80. The molecule has 0 bridgehead atoms. The summed E-state index contributed by atoms with van der Waals surface area (Å²) in [7, 11) is 3.50. The summed E-state index contributed by atoms with van der Waals surface area (Å²) in [4.78, 5) is 2.16. The van der Waals surface area contributed by atoms with Crippen molar-refractivity contribution in [3.05, 3.63) is 17.9 Å². The van der Waals surface area contributed by atoms with Crippen molar-refractivity contribution in [2.75, 3.05) is 24.8 Å². The van der Waals surface area contributed by atoms with Crippen LogP contribution in [0.25, 0.3) is 0 Å². The van der Waals surface area contributed by atoms with Gasteiger partial charge in [0.1, 0.15) is 0 Å². The molecule has 1 aromatic rings. The summed E-state index contributed by atoms with van der Waals surface area (Å²) < 4.78 is 18.5. The molecule has 0 unspecified atom stereocenters. The molecule has 2 rings (SSSR count). The van der Waals surface area contributed by atoms with Gasteiger partial charge < -0.3 is 15.4 Å². The highest BCUT2D eigenvalue weighted by molar-refractivity contribution is 5.70. The molecule has 3 nitrogen and oxygen atoms in total. The van der Waals surface area contributed by atoms with Crippen molar-refractivity contribution in [2.24, 2.45) is 0 Å². The number of nitrogens with two attached hydrogens (primary N) is 1. The van der Waals surface area contributed by atoms with E-state index in [0.29, 0.717) is 11.7 Å². The van der Waals surface area contributed by atoms with Gasteiger partial charge in [-0.1, -0.05) is 19.3 Å². The Hall–Kier alpha value is -1.45. The molecule has 1 aliphatic carbocycles. The van der Waals surface area contributed by atoms with Gasteiger partial charge in [0.2, 0.25) is 0 Å². The van der Waals surface area contributed by atoms with Gasteiger partial charge in [-0.05, 0) is 12.8 Å². The van der Waals surface area contributed by atoms with Gasteiger partial charge in [-0.2, -0.15) is 0 Å². The molecule has 4 heteroatoms. The van der Waals surface area contributed by atoms with E-state index in [2.05, 4.69) is 4.90 Å². The van der Waals surface area contributed by atoms with E-state index in [0.717, 1.165) is 5.69 Å². The van der Waals surface area contributed by atoms with Crippen LogP contribution in [0.4, 0.5) is 15.8 Å². The number of hydrogen-bond acceptors (Lipinski definition) is 3. The lowest BCUT2D eigenvalue weighted by molar-refractivity contribution is 0.386. The molecule has 1 fully saturated rings. The average Bonchev–Trinajstić information content (AvgIpc) is 2.39. The van der Waals surface area contributed by atoms with Crippen molar-refractivity contribution in [3.63, 3.8) is 0 Å². The molecular formula is C14H21FN2O. The van der Waals surface area contributed by atoms with Crippen molar-refractivity contribution in [3.8, 4) is 5.75 Å². The Kier molecular flexibility index (Phi) is 3.94. The van der Waals surface area contributed by atoms with Crippen LogP contribution in [0.5, 0.6) is 5.75 Å². The van der Waals surface area contributed by atoms with Gasteiger partial charge in [-0.15, -0.1) is 0 Å². The smallest absolute Gasteiger partial charge is 0.167 e. The van der Waals surface area contributed by atoms with E-state index < -0.39 is 5.82 Å². The van der Waals surface area contributed by atoms with Crippen LogP contribution in [-0.2, 0) is 0 Å². The number of ether oxygens (including phenoxy) is 1. The van der Waals surface area contributed by atoms with Gasteiger partial charge in [0.15, 0.2) is 11.6 Å². The SMILES string of the molecule is COc1cc(N(C)C2CCCCC2)c(N)cc1F. The molecule has 1 aliphatic rings. The number of benzene rings is 1. The van der Waals surface area contributed by atoms with Crippen LogP contribution < -0.4 is 15.4 Å². The van der Waals surface area contributed by atoms with E-state index in [1.807, 2.05) is 7.05 Å². The highest BCUT2D eigenvalue weighted by atomic mass is 19.1. The summed E-state index contributed by atoms with van der Waals surface area (Å²) in [6.07, 6.45) is 6.18. The standard InChI is InChI=1S/C14H21FN2O/c1-17(10-6-4-3-5-7-10)13-9-14(18-2)11(15)8-12(13)16/h8-10H,3-7,16H2,1-2H3. The van der Waals surface area contributed by atoms with E-state index in [-0.39, 0.29) is 5.75 Å². The number of methoxy groups -OCH3 is 1. The highest BCUT2D eigenvalue weighted by Crippen LogP contribution is 2.34. The zero-order chi connectivity index (χ0) is 13.1. The van der Waals surface area contributed by atoms with Gasteiger partial charge in [-0.3, -0.25) is 0 Å². The summed E-state index contributed by atoms with van der Waals surface area (Å²) >= 11 is 0. The fraction of sp³-hybridized carbons (Fsp3) is 0.571.